The standard InChI is InChI=1S/C35H37F2N7O5/c1-23(2)43-22-28(34(46)44(35(43)47)26-9-6-24(36)7-10-26)33(45)40-25-8-11-31(29(37)21-25)49-30-12-13-39-32(38)27(30)5-4-14-41-15-17-42(18-16-41)19-20-48-3/h6-13,21-23H,14-20H2,1-3H3,(H2,38,39)(H,40,45). The molecule has 2 aromatic heterocycles. The van der Waals surface area contributed by atoms with Crippen LogP contribution in [-0.4, -0.2) is 82.8 Å². The predicted octanol–water partition coefficient (Wildman–Crippen LogP) is 3.50. The van der Waals surface area contributed by atoms with E-state index in [-0.39, 0.29) is 34.3 Å². The predicted molar refractivity (Wildman–Crippen MR) is 181 cm³/mol. The molecule has 0 spiro atoms. The Morgan fingerprint density at radius 1 is 1.02 bits per heavy atom. The molecule has 0 bridgehead atoms. The van der Waals surface area contributed by atoms with E-state index in [1.165, 1.54) is 41.1 Å². The molecule has 3 heterocycles. The summed E-state index contributed by atoms with van der Waals surface area (Å²) in [6.07, 6.45) is 2.58. The van der Waals surface area contributed by atoms with Crippen LogP contribution >= 0.6 is 0 Å². The summed E-state index contributed by atoms with van der Waals surface area (Å²) < 4.78 is 41.9. The van der Waals surface area contributed by atoms with Crippen LogP contribution in [0.15, 0.2) is 70.5 Å². The second kappa shape index (κ2) is 15.7. The van der Waals surface area contributed by atoms with Gasteiger partial charge in [-0.1, -0.05) is 11.8 Å². The van der Waals surface area contributed by atoms with Gasteiger partial charge in [-0.25, -0.2) is 23.1 Å². The van der Waals surface area contributed by atoms with Gasteiger partial charge >= 0.3 is 5.69 Å². The first kappa shape index (κ1) is 35.0. The number of ether oxygens (including phenoxy) is 2. The zero-order valence-corrected chi connectivity index (χ0v) is 27.4. The number of aromatic nitrogens is 3. The van der Waals surface area contributed by atoms with Gasteiger partial charge in [0.05, 0.1) is 18.8 Å². The third kappa shape index (κ3) is 8.39. The second-order valence-corrected chi connectivity index (χ2v) is 11.6. The number of piperazine rings is 1. The molecule has 1 saturated heterocycles. The van der Waals surface area contributed by atoms with Crippen LogP contribution in [0.1, 0.15) is 35.8 Å². The van der Waals surface area contributed by atoms with E-state index in [1.54, 1.807) is 21.0 Å². The third-order valence-corrected chi connectivity index (χ3v) is 7.94. The van der Waals surface area contributed by atoms with Crippen molar-refractivity contribution in [3.8, 4) is 29.0 Å². The molecule has 4 aromatic rings. The summed E-state index contributed by atoms with van der Waals surface area (Å²) in [6.45, 7) is 9.08. The first-order valence-electron chi connectivity index (χ1n) is 15.7. The Bertz CT molecular complexity index is 1990. The number of carbonyl (C=O) groups excluding carboxylic acids is 1. The van der Waals surface area contributed by atoms with E-state index in [0.717, 1.165) is 61.7 Å². The first-order chi connectivity index (χ1) is 23.5. The number of nitrogens with two attached hydrogens (primary N) is 1. The van der Waals surface area contributed by atoms with Gasteiger partial charge < -0.3 is 20.5 Å². The maximum absolute atomic E-state index is 15.3. The molecule has 2 aromatic carbocycles. The summed E-state index contributed by atoms with van der Waals surface area (Å²) in [6, 6.07) is 9.58. The summed E-state index contributed by atoms with van der Waals surface area (Å²) in [4.78, 5) is 48.4. The van der Waals surface area contributed by atoms with E-state index in [2.05, 4.69) is 31.9 Å². The molecule has 1 aliphatic heterocycles. The average Bonchev–Trinajstić information content (AvgIpc) is 3.07. The number of carbonyl (C=O) groups is 1. The van der Waals surface area contributed by atoms with Crippen LogP contribution in [0.2, 0.25) is 0 Å². The number of nitrogen functional groups attached to an aromatic ring is 1. The highest BCUT2D eigenvalue weighted by atomic mass is 19.1. The van der Waals surface area contributed by atoms with Gasteiger partial charge in [-0.2, -0.15) is 0 Å². The monoisotopic (exact) mass is 673 g/mol. The molecule has 0 radical (unpaired) electrons. The smallest absolute Gasteiger partial charge is 0.335 e. The Morgan fingerprint density at radius 3 is 2.41 bits per heavy atom. The number of amides is 1. The second-order valence-electron chi connectivity index (χ2n) is 11.6. The van der Waals surface area contributed by atoms with Crippen LogP contribution in [-0.2, 0) is 4.74 Å². The number of halogens is 2. The molecule has 12 nitrogen and oxygen atoms in total. The van der Waals surface area contributed by atoms with E-state index < -0.39 is 34.8 Å². The highest BCUT2D eigenvalue weighted by molar-refractivity contribution is 6.03. The number of methoxy groups -OCH3 is 1. The summed E-state index contributed by atoms with van der Waals surface area (Å²) >= 11 is 0. The van der Waals surface area contributed by atoms with Gasteiger partial charge in [0.15, 0.2) is 11.6 Å². The Balaban J connectivity index is 1.31. The number of pyridine rings is 1. The lowest BCUT2D eigenvalue weighted by molar-refractivity contribution is 0.102. The van der Waals surface area contributed by atoms with Gasteiger partial charge in [-0.3, -0.25) is 24.0 Å². The van der Waals surface area contributed by atoms with Crippen molar-refractivity contribution in [3.05, 3.63) is 105 Å². The number of hydrogen-bond donors (Lipinski definition) is 2. The van der Waals surface area contributed by atoms with Gasteiger partial charge in [-0.15, -0.1) is 0 Å². The maximum atomic E-state index is 15.3. The molecular weight excluding hydrogens is 636 g/mol. The molecular formula is C35H37F2N7O5. The highest BCUT2D eigenvalue weighted by Gasteiger charge is 2.21. The van der Waals surface area contributed by atoms with Gasteiger partial charge in [0.2, 0.25) is 0 Å². The van der Waals surface area contributed by atoms with Gasteiger partial charge in [0.25, 0.3) is 11.5 Å². The fourth-order valence-electron chi connectivity index (χ4n) is 5.20. The van der Waals surface area contributed by atoms with Crippen molar-refractivity contribution in [2.45, 2.75) is 19.9 Å². The van der Waals surface area contributed by atoms with Crippen molar-refractivity contribution in [1.29, 1.82) is 0 Å². The lowest BCUT2D eigenvalue weighted by atomic mass is 10.2. The fourth-order valence-corrected chi connectivity index (χ4v) is 5.20. The van der Waals surface area contributed by atoms with E-state index >= 15 is 4.39 Å². The molecule has 256 valence electrons. The molecule has 1 fully saturated rings. The third-order valence-electron chi connectivity index (χ3n) is 7.94. The van der Waals surface area contributed by atoms with Gasteiger partial charge in [0, 0.05) is 76.1 Å². The van der Waals surface area contributed by atoms with Crippen LogP contribution in [0, 0.1) is 23.5 Å². The van der Waals surface area contributed by atoms with Crippen molar-refractivity contribution >= 4 is 17.4 Å². The van der Waals surface area contributed by atoms with Crippen molar-refractivity contribution in [3.63, 3.8) is 0 Å². The number of benzene rings is 2. The topological polar surface area (TPSA) is 137 Å². The van der Waals surface area contributed by atoms with Crippen LogP contribution < -0.4 is 27.0 Å². The fraction of sp³-hybridized carbons (Fsp3) is 0.314. The number of rotatable bonds is 10. The van der Waals surface area contributed by atoms with E-state index in [1.807, 2.05) is 0 Å². The van der Waals surface area contributed by atoms with Crippen LogP contribution in [0.25, 0.3) is 5.69 Å². The molecule has 1 amide bonds. The van der Waals surface area contributed by atoms with Gasteiger partial charge in [-0.05, 0) is 50.2 Å². The SMILES string of the molecule is COCCN1CCN(CC#Cc2c(Oc3ccc(NC(=O)c4cn(C(C)C)c(=O)n(-c5ccc(F)cc5)c4=O)cc3F)ccnc2N)CC1. The van der Waals surface area contributed by atoms with Crippen LogP contribution in [0.3, 0.4) is 0 Å². The normalized spacial score (nSPS) is 13.6. The molecule has 0 atom stereocenters. The van der Waals surface area contributed by atoms with E-state index in [0.29, 0.717) is 18.7 Å². The Hall–Kier alpha value is -5.36. The van der Waals surface area contributed by atoms with Crippen molar-refractivity contribution in [2.75, 3.05) is 64.0 Å². The largest absolute Gasteiger partial charge is 0.453 e. The zero-order valence-electron chi connectivity index (χ0n) is 27.4. The Morgan fingerprint density at radius 2 is 1.73 bits per heavy atom. The van der Waals surface area contributed by atoms with Crippen molar-refractivity contribution in [2.24, 2.45) is 0 Å². The lowest BCUT2D eigenvalue weighted by Crippen LogP contribution is -2.47. The number of nitrogens with one attached hydrogen (secondary N) is 1. The average molecular weight is 674 g/mol. The number of hydrogen-bond acceptors (Lipinski definition) is 9. The molecule has 49 heavy (non-hydrogen) atoms. The summed E-state index contributed by atoms with van der Waals surface area (Å²) in [5.41, 5.74) is 4.55. The minimum absolute atomic E-state index is 0.0291. The molecule has 3 N–H and O–H groups in total. The van der Waals surface area contributed by atoms with Crippen LogP contribution in [0.4, 0.5) is 20.3 Å². The Labute approximate surface area is 281 Å². The first-order valence-corrected chi connectivity index (χ1v) is 15.7. The molecule has 14 heteroatoms. The highest BCUT2D eigenvalue weighted by Crippen LogP contribution is 2.30. The van der Waals surface area contributed by atoms with Gasteiger partial charge in [0.1, 0.15) is 28.5 Å². The van der Waals surface area contributed by atoms with Crippen molar-refractivity contribution in [1.82, 2.24) is 23.9 Å². The maximum Gasteiger partial charge on any atom is 0.335 e. The summed E-state index contributed by atoms with van der Waals surface area (Å²) in [7, 11) is 1.69. The quantitative estimate of drug-likeness (QED) is 0.243. The van der Waals surface area contributed by atoms with Crippen LogP contribution in [0.5, 0.6) is 11.5 Å². The Kier molecular flexibility index (Phi) is 11.2. The minimum Gasteiger partial charge on any atom is -0.453 e. The molecule has 5 rings (SSSR count). The van der Waals surface area contributed by atoms with E-state index in [4.69, 9.17) is 15.2 Å². The zero-order chi connectivity index (χ0) is 35.1. The van der Waals surface area contributed by atoms with Crippen molar-refractivity contribution < 1.29 is 23.0 Å². The summed E-state index contributed by atoms with van der Waals surface area (Å²) in [5, 5.41) is 2.51. The molecule has 0 unspecified atom stereocenters. The molecule has 0 saturated carbocycles. The number of nitrogens with zero attached hydrogens (tertiary/aromatic N) is 5. The minimum atomic E-state index is -0.917. The lowest BCUT2D eigenvalue weighted by Gasteiger charge is -2.33. The number of anilines is 2. The molecule has 0 aliphatic carbocycles. The molecule has 1 aliphatic rings. The van der Waals surface area contributed by atoms with E-state index in [9.17, 15) is 18.8 Å². The summed E-state index contributed by atoms with van der Waals surface area (Å²) in [5.74, 6) is 4.07.